The van der Waals surface area contributed by atoms with Crippen LogP contribution in [0, 0.1) is 11.7 Å². The summed E-state index contributed by atoms with van der Waals surface area (Å²) in [6, 6.07) is 5.32. The number of thiazole rings is 1. The van der Waals surface area contributed by atoms with Crippen LogP contribution in [-0.2, 0) is 14.8 Å². The maximum atomic E-state index is 13.8. The largest absolute Gasteiger partial charge is 0.302 e. The number of carbonyl (C=O) groups excluding carboxylic acids is 1. The van der Waals surface area contributed by atoms with Crippen LogP contribution >= 0.6 is 11.3 Å². The van der Waals surface area contributed by atoms with Gasteiger partial charge in [0.15, 0.2) is 5.13 Å². The summed E-state index contributed by atoms with van der Waals surface area (Å²) in [6.45, 7) is 0.374. The van der Waals surface area contributed by atoms with Crippen molar-refractivity contribution in [2.75, 3.05) is 18.4 Å². The molecule has 24 heavy (non-hydrogen) atoms. The van der Waals surface area contributed by atoms with Crippen molar-refractivity contribution in [2.45, 2.75) is 17.7 Å². The average Bonchev–Trinajstić information content (AvgIpc) is 3.08. The Hall–Kier alpha value is -1.84. The normalized spacial score (nSPS) is 16.9. The average molecular weight is 369 g/mol. The summed E-state index contributed by atoms with van der Waals surface area (Å²) in [4.78, 5) is 15.8. The molecular formula is C15H16FN3O3S2. The number of sulfonamides is 1. The highest BCUT2D eigenvalue weighted by atomic mass is 32.2. The van der Waals surface area contributed by atoms with Gasteiger partial charge in [-0.3, -0.25) is 4.79 Å². The van der Waals surface area contributed by atoms with E-state index in [1.165, 1.54) is 33.8 Å². The van der Waals surface area contributed by atoms with E-state index in [2.05, 4.69) is 10.3 Å². The third-order valence-corrected chi connectivity index (χ3v) is 6.56. The van der Waals surface area contributed by atoms with Gasteiger partial charge in [-0.15, -0.1) is 11.3 Å². The number of benzene rings is 1. The van der Waals surface area contributed by atoms with Crippen LogP contribution in [0.2, 0.25) is 0 Å². The monoisotopic (exact) mass is 369 g/mol. The summed E-state index contributed by atoms with van der Waals surface area (Å²) in [5.74, 6) is -1.20. The summed E-state index contributed by atoms with van der Waals surface area (Å²) in [7, 11) is -3.88. The van der Waals surface area contributed by atoms with Gasteiger partial charge < -0.3 is 5.32 Å². The van der Waals surface area contributed by atoms with Crippen molar-refractivity contribution in [3.63, 3.8) is 0 Å². The van der Waals surface area contributed by atoms with Crippen molar-refractivity contribution >= 4 is 32.4 Å². The van der Waals surface area contributed by atoms with Crippen LogP contribution in [0.3, 0.4) is 0 Å². The molecule has 3 rings (SSSR count). The summed E-state index contributed by atoms with van der Waals surface area (Å²) < 4.78 is 40.1. The Kier molecular flexibility index (Phi) is 4.93. The standard InChI is InChI=1S/C15H16FN3O3S2/c16-12-3-1-2-4-13(12)24(21,22)19-8-5-11(6-9-19)14(20)18-15-17-7-10-23-15/h1-4,7,10-11H,5-6,8-9H2,(H,17,18,20). The number of piperidine rings is 1. The maximum Gasteiger partial charge on any atom is 0.245 e. The molecule has 1 fully saturated rings. The number of hydrogen-bond acceptors (Lipinski definition) is 5. The summed E-state index contributed by atoms with van der Waals surface area (Å²) in [5, 5.41) is 5.02. The summed E-state index contributed by atoms with van der Waals surface area (Å²) in [5.41, 5.74) is 0. The van der Waals surface area contributed by atoms with Crippen LogP contribution in [0.15, 0.2) is 40.7 Å². The van der Waals surface area contributed by atoms with E-state index < -0.39 is 15.8 Å². The fourth-order valence-electron chi connectivity index (χ4n) is 2.64. The zero-order valence-corrected chi connectivity index (χ0v) is 14.3. The minimum absolute atomic E-state index is 0.159. The Morgan fingerprint density at radius 2 is 2.00 bits per heavy atom. The molecule has 0 spiro atoms. The molecule has 2 heterocycles. The van der Waals surface area contributed by atoms with Crippen molar-refractivity contribution in [3.8, 4) is 0 Å². The van der Waals surface area contributed by atoms with Crippen LogP contribution < -0.4 is 5.32 Å². The lowest BCUT2D eigenvalue weighted by Gasteiger charge is -2.30. The lowest BCUT2D eigenvalue weighted by molar-refractivity contribution is -0.120. The van der Waals surface area contributed by atoms with Crippen LogP contribution in [0.5, 0.6) is 0 Å². The van der Waals surface area contributed by atoms with Crippen LogP contribution in [0.1, 0.15) is 12.8 Å². The van der Waals surface area contributed by atoms with Crippen LogP contribution in [-0.4, -0.2) is 36.7 Å². The molecule has 1 aliphatic heterocycles. The molecular weight excluding hydrogens is 353 g/mol. The van der Waals surface area contributed by atoms with Gasteiger partial charge in [0.1, 0.15) is 10.7 Å². The van der Waals surface area contributed by atoms with Gasteiger partial charge in [0.05, 0.1) is 0 Å². The number of amides is 1. The zero-order chi connectivity index (χ0) is 17.2. The number of halogens is 1. The van der Waals surface area contributed by atoms with Gasteiger partial charge in [-0.2, -0.15) is 4.31 Å². The molecule has 128 valence electrons. The minimum atomic E-state index is -3.88. The predicted molar refractivity (Wildman–Crippen MR) is 88.6 cm³/mol. The van der Waals surface area contributed by atoms with Gasteiger partial charge in [0.25, 0.3) is 0 Å². The van der Waals surface area contributed by atoms with E-state index >= 15 is 0 Å². The van der Waals surface area contributed by atoms with E-state index in [0.29, 0.717) is 18.0 Å². The molecule has 0 atom stereocenters. The number of nitrogens with one attached hydrogen (secondary N) is 1. The van der Waals surface area contributed by atoms with Gasteiger partial charge in [-0.25, -0.2) is 17.8 Å². The molecule has 0 unspecified atom stereocenters. The second-order valence-electron chi connectivity index (χ2n) is 5.44. The van der Waals surface area contributed by atoms with Gasteiger partial charge >= 0.3 is 0 Å². The molecule has 1 aromatic heterocycles. The Balaban J connectivity index is 1.64. The van der Waals surface area contributed by atoms with Gasteiger partial charge in [0, 0.05) is 30.6 Å². The molecule has 1 N–H and O–H groups in total. The van der Waals surface area contributed by atoms with Crippen molar-refractivity contribution in [2.24, 2.45) is 5.92 Å². The number of rotatable bonds is 4. The van der Waals surface area contributed by atoms with E-state index in [1.807, 2.05) is 0 Å². The second kappa shape index (κ2) is 6.96. The van der Waals surface area contributed by atoms with E-state index in [0.717, 1.165) is 6.07 Å². The molecule has 0 aliphatic carbocycles. The van der Waals surface area contributed by atoms with E-state index in [9.17, 15) is 17.6 Å². The molecule has 9 heteroatoms. The maximum absolute atomic E-state index is 13.8. The van der Waals surface area contributed by atoms with Crippen molar-refractivity contribution in [3.05, 3.63) is 41.7 Å². The SMILES string of the molecule is O=C(Nc1nccs1)C1CCN(S(=O)(=O)c2ccccc2F)CC1. The highest BCUT2D eigenvalue weighted by Gasteiger charge is 2.33. The highest BCUT2D eigenvalue weighted by molar-refractivity contribution is 7.89. The summed E-state index contributed by atoms with van der Waals surface area (Å²) in [6.07, 6.45) is 2.39. The molecule has 1 amide bonds. The van der Waals surface area contributed by atoms with Crippen molar-refractivity contribution in [1.29, 1.82) is 0 Å². The molecule has 0 bridgehead atoms. The second-order valence-corrected chi connectivity index (χ2v) is 8.24. The van der Waals surface area contributed by atoms with E-state index in [-0.39, 0.29) is 29.8 Å². The minimum Gasteiger partial charge on any atom is -0.302 e. The first-order chi connectivity index (χ1) is 11.5. The Morgan fingerprint density at radius 1 is 1.29 bits per heavy atom. The first-order valence-corrected chi connectivity index (χ1v) is 9.75. The molecule has 0 radical (unpaired) electrons. The third-order valence-electron chi connectivity index (χ3n) is 3.94. The number of hydrogen-bond donors (Lipinski definition) is 1. The zero-order valence-electron chi connectivity index (χ0n) is 12.7. The lowest BCUT2D eigenvalue weighted by atomic mass is 9.97. The lowest BCUT2D eigenvalue weighted by Crippen LogP contribution is -2.41. The van der Waals surface area contributed by atoms with E-state index in [1.54, 1.807) is 11.6 Å². The number of anilines is 1. The Labute approximate surface area is 143 Å². The first kappa shape index (κ1) is 17.0. The molecule has 1 saturated heterocycles. The third kappa shape index (κ3) is 3.47. The molecule has 0 saturated carbocycles. The summed E-state index contributed by atoms with van der Waals surface area (Å²) >= 11 is 1.33. The van der Waals surface area contributed by atoms with Gasteiger partial charge in [0.2, 0.25) is 15.9 Å². The smallest absolute Gasteiger partial charge is 0.245 e. The Bertz CT molecular complexity index is 816. The fourth-order valence-corrected chi connectivity index (χ4v) is 4.71. The molecule has 2 aromatic rings. The van der Waals surface area contributed by atoms with Crippen LogP contribution in [0.25, 0.3) is 0 Å². The van der Waals surface area contributed by atoms with Gasteiger partial charge in [-0.1, -0.05) is 12.1 Å². The number of nitrogens with zero attached hydrogens (tertiary/aromatic N) is 2. The highest BCUT2D eigenvalue weighted by Crippen LogP contribution is 2.26. The topological polar surface area (TPSA) is 79.4 Å². The molecule has 1 aliphatic rings. The fraction of sp³-hybridized carbons (Fsp3) is 0.333. The molecule has 6 nitrogen and oxygen atoms in total. The van der Waals surface area contributed by atoms with E-state index in [4.69, 9.17) is 0 Å². The van der Waals surface area contributed by atoms with Crippen molar-refractivity contribution < 1.29 is 17.6 Å². The quantitative estimate of drug-likeness (QED) is 0.897. The Morgan fingerprint density at radius 3 is 2.62 bits per heavy atom. The first-order valence-electron chi connectivity index (χ1n) is 7.43. The number of aromatic nitrogens is 1. The molecule has 1 aromatic carbocycles. The van der Waals surface area contributed by atoms with Crippen molar-refractivity contribution in [1.82, 2.24) is 9.29 Å². The number of carbonyl (C=O) groups is 1. The predicted octanol–water partition coefficient (Wildman–Crippen LogP) is 2.32. The van der Waals surface area contributed by atoms with Gasteiger partial charge in [-0.05, 0) is 25.0 Å². The van der Waals surface area contributed by atoms with Crippen LogP contribution in [0.4, 0.5) is 9.52 Å².